The van der Waals surface area contributed by atoms with E-state index >= 15 is 0 Å². The summed E-state index contributed by atoms with van der Waals surface area (Å²) in [6.07, 6.45) is 6.40. The van der Waals surface area contributed by atoms with Crippen molar-refractivity contribution in [1.82, 2.24) is 19.9 Å². The maximum atomic E-state index is 12.7. The zero-order valence-corrected chi connectivity index (χ0v) is 16.1. The van der Waals surface area contributed by atoms with Gasteiger partial charge in [-0.15, -0.1) is 0 Å². The number of carbonyl (C=O) groups excluding carboxylic acids is 1. The number of aromatic nitrogens is 4. The van der Waals surface area contributed by atoms with Crippen molar-refractivity contribution < 1.29 is 14.4 Å². The molecule has 0 aliphatic heterocycles. The molecule has 4 rings (SSSR count). The second-order valence-corrected chi connectivity index (χ2v) is 7.38. The summed E-state index contributed by atoms with van der Waals surface area (Å²) in [5.74, 6) is 1.55. The Hall–Kier alpha value is -2.80. The van der Waals surface area contributed by atoms with Crippen LogP contribution in [0.25, 0.3) is 11.4 Å². The molecule has 1 N–H and O–H groups in total. The summed E-state index contributed by atoms with van der Waals surface area (Å²) in [4.78, 5) is 17.1. The van der Waals surface area contributed by atoms with Gasteiger partial charge >= 0.3 is 0 Å². The number of ketones is 1. The Kier molecular flexibility index (Phi) is 5.09. The Bertz CT molecular complexity index is 991. The van der Waals surface area contributed by atoms with Gasteiger partial charge in [-0.05, 0) is 42.9 Å². The highest BCUT2D eigenvalue weighted by Crippen LogP contribution is 2.38. The van der Waals surface area contributed by atoms with Gasteiger partial charge in [0, 0.05) is 24.6 Å². The highest BCUT2D eigenvalue weighted by molar-refractivity contribution is 5.96. The standard InChI is InChI=1S/C21H24N4O3/c1-3-20-23-21(24-28-20)16-6-7-18-14(8-16)4-5-15(18)9-19(27)17-10-22-25(11-17)13(2)12-26/h6-8,10-11,13,15,26H,3-5,9,12H2,1-2H3/t13?,15-/m0/s1. The molecule has 0 radical (unpaired) electrons. The van der Waals surface area contributed by atoms with Gasteiger partial charge in [-0.2, -0.15) is 10.1 Å². The van der Waals surface area contributed by atoms with Crippen LogP contribution in [-0.4, -0.2) is 37.4 Å². The Morgan fingerprint density at radius 2 is 2.29 bits per heavy atom. The molecule has 2 aromatic heterocycles. The quantitative estimate of drug-likeness (QED) is 0.632. The smallest absolute Gasteiger partial charge is 0.226 e. The zero-order chi connectivity index (χ0) is 19.7. The average Bonchev–Trinajstić information content (AvgIpc) is 3.46. The van der Waals surface area contributed by atoms with Gasteiger partial charge in [0.2, 0.25) is 11.7 Å². The predicted octanol–water partition coefficient (Wildman–Crippen LogP) is 3.35. The number of aryl methyl sites for hydroxylation is 2. The van der Waals surface area contributed by atoms with Gasteiger partial charge in [-0.1, -0.05) is 24.2 Å². The van der Waals surface area contributed by atoms with E-state index in [1.165, 1.54) is 11.1 Å². The summed E-state index contributed by atoms with van der Waals surface area (Å²) >= 11 is 0. The van der Waals surface area contributed by atoms with E-state index in [1.54, 1.807) is 17.1 Å². The van der Waals surface area contributed by atoms with E-state index in [0.717, 1.165) is 24.8 Å². The molecule has 146 valence electrons. The molecular formula is C21H24N4O3. The van der Waals surface area contributed by atoms with Crippen LogP contribution in [0.2, 0.25) is 0 Å². The van der Waals surface area contributed by atoms with Crippen LogP contribution in [0.3, 0.4) is 0 Å². The van der Waals surface area contributed by atoms with Gasteiger partial charge in [-0.3, -0.25) is 9.48 Å². The molecule has 7 nitrogen and oxygen atoms in total. The summed E-state index contributed by atoms with van der Waals surface area (Å²) < 4.78 is 6.84. The number of hydrogen-bond donors (Lipinski definition) is 1. The molecule has 0 bridgehead atoms. The molecule has 0 amide bonds. The molecule has 0 saturated carbocycles. The van der Waals surface area contributed by atoms with E-state index < -0.39 is 0 Å². The third kappa shape index (κ3) is 3.49. The largest absolute Gasteiger partial charge is 0.394 e. The average molecular weight is 380 g/mol. The molecule has 7 heteroatoms. The molecule has 3 aromatic rings. The lowest BCUT2D eigenvalue weighted by atomic mass is 9.93. The normalized spacial score (nSPS) is 16.9. The lowest BCUT2D eigenvalue weighted by Crippen LogP contribution is -2.09. The number of hydrogen-bond acceptors (Lipinski definition) is 6. The molecule has 0 saturated heterocycles. The summed E-state index contributed by atoms with van der Waals surface area (Å²) in [5, 5.41) is 17.5. The van der Waals surface area contributed by atoms with Crippen LogP contribution in [0.4, 0.5) is 0 Å². The monoisotopic (exact) mass is 380 g/mol. The number of rotatable bonds is 7. The molecular weight excluding hydrogens is 356 g/mol. The number of fused-ring (bicyclic) bond motifs is 1. The van der Waals surface area contributed by atoms with Crippen LogP contribution < -0.4 is 0 Å². The van der Waals surface area contributed by atoms with Gasteiger partial charge < -0.3 is 9.63 Å². The van der Waals surface area contributed by atoms with Crippen molar-refractivity contribution in [3.05, 3.63) is 53.2 Å². The summed E-state index contributed by atoms with van der Waals surface area (Å²) in [5.41, 5.74) is 4.04. The van der Waals surface area contributed by atoms with E-state index in [1.807, 2.05) is 19.9 Å². The first-order chi connectivity index (χ1) is 13.6. The van der Waals surface area contributed by atoms with Crippen LogP contribution >= 0.6 is 0 Å². The Labute approximate surface area is 163 Å². The van der Waals surface area contributed by atoms with Gasteiger partial charge in [-0.25, -0.2) is 0 Å². The maximum Gasteiger partial charge on any atom is 0.226 e. The van der Waals surface area contributed by atoms with E-state index in [2.05, 4.69) is 27.4 Å². The van der Waals surface area contributed by atoms with Gasteiger partial charge in [0.05, 0.1) is 24.4 Å². The molecule has 1 unspecified atom stereocenters. The van der Waals surface area contributed by atoms with E-state index in [4.69, 9.17) is 4.52 Å². The fourth-order valence-electron chi connectivity index (χ4n) is 3.72. The van der Waals surface area contributed by atoms with Crippen LogP contribution in [0.1, 0.15) is 66.0 Å². The first-order valence-corrected chi connectivity index (χ1v) is 9.73. The van der Waals surface area contributed by atoms with Gasteiger partial charge in [0.1, 0.15) is 0 Å². The molecule has 2 heterocycles. The molecule has 0 spiro atoms. The van der Waals surface area contributed by atoms with Crippen molar-refractivity contribution in [1.29, 1.82) is 0 Å². The minimum atomic E-state index is -0.134. The minimum Gasteiger partial charge on any atom is -0.394 e. The number of Topliss-reactive ketones (excluding diaryl/α,β-unsaturated/α-hetero) is 1. The van der Waals surface area contributed by atoms with Crippen LogP contribution in [0.5, 0.6) is 0 Å². The SMILES string of the molecule is CCc1nc(-c2ccc3c(c2)CC[C@H]3CC(=O)c2cnn(C(C)CO)c2)no1. The van der Waals surface area contributed by atoms with Crippen LogP contribution in [0, 0.1) is 0 Å². The lowest BCUT2D eigenvalue weighted by Gasteiger charge is -2.11. The molecule has 1 aliphatic carbocycles. The summed E-state index contributed by atoms with van der Waals surface area (Å²) in [6, 6.07) is 6.08. The maximum absolute atomic E-state index is 12.7. The van der Waals surface area contributed by atoms with E-state index in [-0.39, 0.29) is 24.3 Å². The number of aliphatic hydroxyl groups is 1. The number of nitrogens with zero attached hydrogens (tertiary/aromatic N) is 4. The van der Waals surface area contributed by atoms with Crippen molar-refractivity contribution in [3.8, 4) is 11.4 Å². The highest BCUT2D eigenvalue weighted by Gasteiger charge is 2.26. The Morgan fingerprint density at radius 1 is 1.43 bits per heavy atom. The predicted molar refractivity (Wildman–Crippen MR) is 103 cm³/mol. The van der Waals surface area contributed by atoms with Crippen molar-refractivity contribution in [2.45, 2.75) is 51.5 Å². The zero-order valence-electron chi connectivity index (χ0n) is 16.1. The number of aliphatic hydroxyl groups excluding tert-OH is 1. The second kappa shape index (κ2) is 7.67. The van der Waals surface area contributed by atoms with Crippen molar-refractivity contribution in [3.63, 3.8) is 0 Å². The van der Waals surface area contributed by atoms with E-state index in [9.17, 15) is 9.90 Å². The van der Waals surface area contributed by atoms with Crippen molar-refractivity contribution in [2.24, 2.45) is 0 Å². The molecule has 0 fully saturated rings. The molecule has 28 heavy (non-hydrogen) atoms. The Morgan fingerprint density at radius 3 is 3.04 bits per heavy atom. The van der Waals surface area contributed by atoms with Crippen molar-refractivity contribution in [2.75, 3.05) is 6.61 Å². The lowest BCUT2D eigenvalue weighted by molar-refractivity contribution is 0.0973. The third-order valence-corrected chi connectivity index (χ3v) is 5.44. The van der Waals surface area contributed by atoms with Crippen molar-refractivity contribution >= 4 is 5.78 Å². The van der Waals surface area contributed by atoms with E-state index in [0.29, 0.717) is 23.7 Å². The summed E-state index contributed by atoms with van der Waals surface area (Å²) in [6.45, 7) is 3.84. The first kappa shape index (κ1) is 18.6. The molecule has 1 aliphatic rings. The topological polar surface area (TPSA) is 94.0 Å². The highest BCUT2D eigenvalue weighted by atomic mass is 16.5. The van der Waals surface area contributed by atoms with Gasteiger partial charge in [0.25, 0.3) is 0 Å². The second-order valence-electron chi connectivity index (χ2n) is 7.38. The third-order valence-electron chi connectivity index (χ3n) is 5.44. The minimum absolute atomic E-state index is 0.00618. The Balaban J connectivity index is 1.48. The first-order valence-electron chi connectivity index (χ1n) is 9.73. The number of carbonyl (C=O) groups is 1. The van der Waals surface area contributed by atoms with Gasteiger partial charge in [0.15, 0.2) is 5.78 Å². The fraction of sp³-hybridized carbons (Fsp3) is 0.429. The summed E-state index contributed by atoms with van der Waals surface area (Å²) in [7, 11) is 0. The van der Waals surface area contributed by atoms with Crippen LogP contribution in [0.15, 0.2) is 35.1 Å². The molecule has 1 aromatic carbocycles. The van der Waals surface area contributed by atoms with Crippen LogP contribution in [-0.2, 0) is 12.8 Å². The fourth-order valence-corrected chi connectivity index (χ4v) is 3.72. The number of benzene rings is 1. The molecule has 2 atom stereocenters.